The van der Waals surface area contributed by atoms with Crippen LogP contribution in [0, 0.1) is 23.7 Å². The van der Waals surface area contributed by atoms with E-state index in [-0.39, 0.29) is 50.3 Å². The lowest BCUT2D eigenvalue weighted by Gasteiger charge is -2.29. The number of nitrogens with one attached hydrogen (secondary N) is 13. The largest absolute Gasteiger partial charge is 0.508 e. The lowest BCUT2D eigenvalue weighted by Crippen LogP contribution is -2.62. The van der Waals surface area contributed by atoms with Crippen molar-refractivity contribution in [2.45, 2.75) is 211 Å². The fourth-order valence-electron chi connectivity index (χ4n) is 11.6. The number of benzene rings is 2. The number of aliphatic carboxylic acids is 3. The predicted molar refractivity (Wildman–Crippen MR) is 398 cm³/mol. The first-order valence-corrected chi connectivity index (χ1v) is 36.5. The molecular weight excluding hydrogens is 1490 g/mol. The predicted octanol–water partition coefficient (Wildman–Crippen LogP) is -6.35. The van der Waals surface area contributed by atoms with Gasteiger partial charge in [-0.05, 0) is 86.0 Å². The molecule has 2 aromatic rings. The summed E-state index contributed by atoms with van der Waals surface area (Å²) in [7, 11) is 0. The van der Waals surface area contributed by atoms with Crippen molar-refractivity contribution in [1.82, 2.24) is 74.0 Å². The zero-order valence-electron chi connectivity index (χ0n) is 64.3. The Kier molecular flexibility index (Phi) is 39.4. The van der Waals surface area contributed by atoms with Crippen molar-refractivity contribution in [3.63, 3.8) is 0 Å². The third-order valence-corrected chi connectivity index (χ3v) is 17.3. The van der Waals surface area contributed by atoms with Crippen LogP contribution >= 0.6 is 0 Å². The molecule has 24 N–H and O–H groups in total. The fraction of sp³-hybridized carbons (Fsp3) is 0.569. The average Bonchev–Trinajstić information content (AvgIpc) is 1.72. The van der Waals surface area contributed by atoms with Crippen LogP contribution in [0.15, 0.2) is 54.6 Å². The molecule has 1 heterocycles. The summed E-state index contributed by atoms with van der Waals surface area (Å²) in [5, 5.41) is 79.5. The van der Waals surface area contributed by atoms with E-state index in [4.69, 9.17) is 22.3 Å². The van der Waals surface area contributed by atoms with E-state index in [0.29, 0.717) is 24.0 Å². The van der Waals surface area contributed by atoms with E-state index in [1.165, 1.54) is 49.9 Å². The molecule has 41 heteroatoms. The quantitative estimate of drug-likeness (QED) is 0.0293. The molecule has 0 aliphatic carbocycles. The minimum Gasteiger partial charge on any atom is -0.508 e. The van der Waals surface area contributed by atoms with Crippen molar-refractivity contribution < 1.29 is 117 Å². The van der Waals surface area contributed by atoms with Crippen LogP contribution < -0.4 is 86.3 Å². The molecule has 16 amide bonds. The van der Waals surface area contributed by atoms with Crippen molar-refractivity contribution in [3.05, 3.63) is 65.7 Å². The van der Waals surface area contributed by atoms with Gasteiger partial charge in [-0.15, -0.1) is 0 Å². The second-order valence-electron chi connectivity index (χ2n) is 28.9. The summed E-state index contributed by atoms with van der Waals surface area (Å²) < 4.78 is 0. The number of phenolic OH excluding ortho intramolecular Hbond substituents is 1. The summed E-state index contributed by atoms with van der Waals surface area (Å²) in [4.78, 5) is 255. The Morgan fingerprint density at radius 2 is 0.805 bits per heavy atom. The molecular formula is C72H107N17O24. The topological polar surface area (TPSA) is 663 Å². The Hall–Kier alpha value is -11.9. The molecule has 1 saturated heterocycles. The fourth-order valence-corrected chi connectivity index (χ4v) is 11.6. The standard InChI is InChI=1S/C72H107N17O24/c1-34(2)22-42(73)61(102)76-31-55(94)89-21-13-16-52(89)71(112)85-45(26-40-17-19-41(91)20-18-40)63(104)78-38(9)60(101)79-43(23-35(3)4)64(105)83-49(29-56(95)96)67(108)82-48(28-54(75)93)66(107)84-50(30-57(97)98)68(109)87-51(33-90)70(111)80-44(24-36(5)6)65(106)81-46(25-39-14-11-10-12-15-39)69(110)88-59(37(7)8)72(113)86-47(27-53(74)92)62(103)77-32-58(99)100/h10-12,14-15,17-20,34-38,42-52,59,90-91H,13,16,21-33,73H2,1-9H3,(H2,74,92)(H2,75,93)(H,76,102)(H,77,103)(H,78,104)(H,79,101)(H,80,111)(H,81,106)(H,82,108)(H,83,105)(H,84,107)(H,85,112)(H,86,113)(H,87,109)(H,88,110)(H,95,96)(H,97,98)(H,99,100)/t38-,42-,43-,44-,45-,46-,47-,48-,49-,50-,51-,52-,59-/m0/s1. The van der Waals surface area contributed by atoms with Gasteiger partial charge in [0.1, 0.15) is 84.8 Å². The van der Waals surface area contributed by atoms with Gasteiger partial charge in [0.25, 0.3) is 0 Å². The minimum atomic E-state index is -2.25. The number of carbonyl (C=O) groups is 19. The highest BCUT2D eigenvalue weighted by Crippen LogP contribution is 2.20. The first-order valence-electron chi connectivity index (χ1n) is 36.5. The van der Waals surface area contributed by atoms with Crippen LogP contribution in [0.3, 0.4) is 0 Å². The van der Waals surface area contributed by atoms with E-state index in [9.17, 15) is 112 Å². The molecule has 1 aliphatic rings. The van der Waals surface area contributed by atoms with Gasteiger partial charge in [0.15, 0.2) is 0 Å². The zero-order chi connectivity index (χ0) is 85.3. The number of nitrogens with zero attached hydrogens (tertiary/aromatic N) is 1. The molecule has 1 aliphatic heterocycles. The molecule has 13 atom stereocenters. The summed E-state index contributed by atoms with van der Waals surface area (Å²) in [6, 6.07) is -7.97. The summed E-state index contributed by atoms with van der Waals surface area (Å²) in [6.45, 7) is 11.9. The number of hydrogen-bond acceptors (Lipinski definition) is 22. The van der Waals surface area contributed by atoms with Gasteiger partial charge in [0.05, 0.1) is 44.9 Å². The molecule has 0 spiro atoms. The van der Waals surface area contributed by atoms with Gasteiger partial charge in [0.2, 0.25) is 94.5 Å². The number of likely N-dealkylation sites (tertiary alicyclic amines) is 1. The molecule has 41 nitrogen and oxygen atoms in total. The van der Waals surface area contributed by atoms with E-state index in [0.717, 1.165) is 0 Å². The molecule has 113 heavy (non-hydrogen) atoms. The van der Waals surface area contributed by atoms with Crippen LogP contribution in [0.4, 0.5) is 0 Å². The van der Waals surface area contributed by atoms with Crippen molar-refractivity contribution in [1.29, 1.82) is 0 Å². The maximum absolute atomic E-state index is 14.3. The van der Waals surface area contributed by atoms with Crippen LogP contribution in [-0.2, 0) is 104 Å². The number of aliphatic hydroxyl groups is 1. The van der Waals surface area contributed by atoms with E-state index < -0.39 is 254 Å². The number of nitrogens with two attached hydrogens (primary N) is 3. The highest BCUT2D eigenvalue weighted by Gasteiger charge is 2.41. The van der Waals surface area contributed by atoms with E-state index in [1.54, 1.807) is 58.0 Å². The van der Waals surface area contributed by atoms with Crippen LogP contribution in [0.5, 0.6) is 5.75 Å². The summed E-state index contributed by atoms with van der Waals surface area (Å²) in [6.07, 6.45) is -4.47. The van der Waals surface area contributed by atoms with E-state index >= 15 is 0 Å². The third-order valence-electron chi connectivity index (χ3n) is 17.3. The normalized spacial score (nSPS) is 15.7. The maximum atomic E-state index is 14.3. The number of amides is 16. The smallest absolute Gasteiger partial charge is 0.322 e. The van der Waals surface area contributed by atoms with Crippen LogP contribution in [0.2, 0.25) is 0 Å². The number of carboxylic acid groups (broad SMARTS) is 3. The molecule has 624 valence electrons. The van der Waals surface area contributed by atoms with Crippen LogP contribution in [0.25, 0.3) is 0 Å². The van der Waals surface area contributed by atoms with Gasteiger partial charge >= 0.3 is 17.9 Å². The SMILES string of the molecule is CC(C)C[C@H](NC(=O)[C@H](C)NC(=O)[C@H](Cc1ccc(O)cc1)NC(=O)[C@@H]1CCCN1C(=O)CNC(=O)[C@@H](N)CC(C)C)C(=O)N[C@@H](CC(=O)O)C(=O)N[C@@H](CC(N)=O)C(=O)N[C@@H](CC(=O)O)C(=O)N[C@@H](CO)C(=O)N[C@@H](CC(C)C)C(=O)N[C@@H](Cc1ccccc1)C(=O)N[C@H](C(=O)N[C@@H](CC(N)=O)C(=O)NCC(=O)O)C(C)C. The summed E-state index contributed by atoms with van der Waals surface area (Å²) in [5.74, 6) is -24.1. The Morgan fingerprint density at radius 3 is 1.27 bits per heavy atom. The van der Waals surface area contributed by atoms with E-state index in [1.807, 2.05) is 29.8 Å². The molecule has 0 aromatic heterocycles. The van der Waals surface area contributed by atoms with Crippen molar-refractivity contribution in [2.75, 3.05) is 26.2 Å². The monoisotopic (exact) mass is 1590 g/mol. The highest BCUT2D eigenvalue weighted by molar-refractivity contribution is 6.02. The molecule has 1 fully saturated rings. The lowest BCUT2D eigenvalue weighted by molar-refractivity contribution is -0.142. The van der Waals surface area contributed by atoms with Crippen molar-refractivity contribution in [3.8, 4) is 5.75 Å². The number of aliphatic hydroxyl groups excluding tert-OH is 1. The van der Waals surface area contributed by atoms with Gasteiger partial charge in [-0.1, -0.05) is 97.9 Å². The second kappa shape index (κ2) is 46.7. The zero-order valence-corrected chi connectivity index (χ0v) is 64.3. The minimum absolute atomic E-state index is 0.0864. The molecule has 2 aromatic carbocycles. The van der Waals surface area contributed by atoms with Gasteiger partial charge in [-0.25, -0.2) is 0 Å². The van der Waals surface area contributed by atoms with Crippen LogP contribution in [-0.4, -0.2) is 248 Å². The molecule has 0 bridgehead atoms. The lowest BCUT2D eigenvalue weighted by atomic mass is 9.99. The van der Waals surface area contributed by atoms with Gasteiger partial charge in [0, 0.05) is 19.4 Å². The number of carbonyl (C=O) groups excluding carboxylic acids is 16. The Bertz CT molecular complexity index is 3730. The van der Waals surface area contributed by atoms with Gasteiger partial charge in [-0.3, -0.25) is 91.1 Å². The molecule has 0 saturated carbocycles. The molecule has 0 unspecified atom stereocenters. The second-order valence-corrected chi connectivity index (χ2v) is 28.9. The summed E-state index contributed by atoms with van der Waals surface area (Å²) in [5.41, 5.74) is 17.6. The van der Waals surface area contributed by atoms with Crippen LogP contribution in [0.1, 0.15) is 131 Å². The highest BCUT2D eigenvalue weighted by atomic mass is 16.4. The van der Waals surface area contributed by atoms with Gasteiger partial charge < -0.3 is 117 Å². The number of carboxylic acids is 3. The first kappa shape index (κ1) is 95.3. The third kappa shape index (κ3) is 34.1. The molecule has 0 radical (unpaired) electrons. The summed E-state index contributed by atoms with van der Waals surface area (Å²) >= 11 is 0. The Labute approximate surface area is 650 Å². The maximum Gasteiger partial charge on any atom is 0.322 e. The van der Waals surface area contributed by atoms with Crippen molar-refractivity contribution in [2.24, 2.45) is 40.9 Å². The number of primary amides is 2. The number of hydrogen-bond donors (Lipinski definition) is 21. The number of phenols is 1. The van der Waals surface area contributed by atoms with Crippen molar-refractivity contribution >= 4 is 112 Å². The van der Waals surface area contributed by atoms with E-state index in [2.05, 4.69) is 53.2 Å². The average molecular weight is 1590 g/mol. The Balaban J connectivity index is 1.85. The number of aromatic hydroxyl groups is 1. The first-order chi connectivity index (χ1) is 52.9. The number of rotatable bonds is 48. The van der Waals surface area contributed by atoms with Gasteiger partial charge in [-0.2, -0.15) is 0 Å². The Morgan fingerprint density at radius 1 is 0.416 bits per heavy atom. The molecule has 3 rings (SSSR count).